The summed E-state index contributed by atoms with van der Waals surface area (Å²) in [7, 11) is 0. The molecule has 140 valence electrons. The number of hydrogen-bond acceptors (Lipinski definition) is 0. The third kappa shape index (κ3) is 3.31. The van der Waals surface area contributed by atoms with Crippen molar-refractivity contribution in [2.24, 2.45) is 0 Å². The summed E-state index contributed by atoms with van der Waals surface area (Å²) in [5, 5.41) is 0. The molecule has 0 aliphatic carbocycles. The number of nitrogens with zero attached hydrogens (tertiary/aromatic N) is 2. The molecule has 0 N–H and O–H groups in total. The van der Waals surface area contributed by atoms with E-state index in [4.69, 9.17) is 0 Å². The molecule has 0 saturated carbocycles. The summed E-state index contributed by atoms with van der Waals surface area (Å²) in [4.78, 5) is 0. The number of aromatic nitrogens is 2. The van der Waals surface area contributed by atoms with Gasteiger partial charge in [-0.05, 0) is 0 Å². The molecule has 0 unspecified atom stereocenters. The Labute approximate surface area is 167 Å². The van der Waals surface area contributed by atoms with Crippen LogP contribution >= 0.6 is 0 Å². The zero-order valence-electron chi connectivity index (χ0n) is 16.2. The first-order chi connectivity index (χ1) is 12.7. The maximum absolute atomic E-state index is 3.57. The van der Waals surface area contributed by atoms with E-state index in [1.807, 2.05) is 0 Å². The standard InChI is InChI=1S/C23H28N2.Pd/c1-5-18-11-9-12-19(6-2)22(18)24-15-16-25(17-24)23-20(7-3)13-10-14-21(23)8-4;/h9-16H,5-8H2,1-4H3;. The molecular weight excluding hydrogens is 411 g/mol. The van der Waals surface area contributed by atoms with Crippen molar-refractivity contribution in [1.82, 2.24) is 9.13 Å². The van der Waals surface area contributed by atoms with Crippen LogP contribution in [0.4, 0.5) is 0 Å². The molecule has 3 heteroatoms. The summed E-state index contributed by atoms with van der Waals surface area (Å²) in [6, 6.07) is 13.3. The minimum absolute atomic E-state index is 1.03. The molecule has 2 aromatic carbocycles. The van der Waals surface area contributed by atoms with Gasteiger partial charge < -0.3 is 0 Å². The molecule has 0 spiro atoms. The Hall–Kier alpha value is -1.69. The number of aryl methyl sites for hydroxylation is 4. The van der Waals surface area contributed by atoms with Gasteiger partial charge in [-0.2, -0.15) is 0 Å². The zero-order valence-corrected chi connectivity index (χ0v) is 17.7. The van der Waals surface area contributed by atoms with E-state index in [0.717, 1.165) is 29.6 Å². The van der Waals surface area contributed by atoms with Gasteiger partial charge in [-0.15, -0.1) is 0 Å². The van der Waals surface area contributed by atoms with Crippen LogP contribution < -0.4 is 0 Å². The second kappa shape index (κ2) is 8.34. The van der Waals surface area contributed by atoms with Crippen molar-refractivity contribution < 1.29 is 18.7 Å². The van der Waals surface area contributed by atoms with Gasteiger partial charge in [-0.3, -0.25) is 0 Å². The van der Waals surface area contributed by atoms with Gasteiger partial charge in [0, 0.05) is 0 Å². The minimum atomic E-state index is 1.03. The fourth-order valence-electron chi connectivity index (χ4n) is 3.73. The van der Waals surface area contributed by atoms with Crippen LogP contribution in [0.3, 0.4) is 0 Å². The Bertz CT molecular complexity index is 842. The summed E-state index contributed by atoms with van der Waals surface area (Å²) in [6.07, 6.45) is 8.51. The van der Waals surface area contributed by atoms with Crippen LogP contribution in [-0.2, 0) is 44.4 Å². The number of para-hydroxylation sites is 2. The second-order valence-corrected chi connectivity index (χ2v) is 7.24. The molecule has 3 rings (SSSR count). The first-order valence-electron chi connectivity index (χ1n) is 9.63. The maximum atomic E-state index is 3.57. The van der Waals surface area contributed by atoms with E-state index in [9.17, 15) is 0 Å². The number of rotatable bonds is 6. The van der Waals surface area contributed by atoms with Crippen molar-refractivity contribution in [1.29, 1.82) is 0 Å². The number of imidazole rings is 1. The van der Waals surface area contributed by atoms with Gasteiger partial charge in [0.25, 0.3) is 0 Å². The molecule has 0 saturated heterocycles. The topological polar surface area (TPSA) is 9.86 Å². The molecule has 0 amide bonds. The summed E-state index contributed by atoms with van der Waals surface area (Å²) in [6.45, 7) is 8.92. The summed E-state index contributed by atoms with van der Waals surface area (Å²) in [5.74, 6) is 0. The van der Waals surface area contributed by atoms with Crippen LogP contribution in [0.25, 0.3) is 11.4 Å². The Morgan fingerprint density at radius 3 is 1.19 bits per heavy atom. The second-order valence-electron chi connectivity index (χ2n) is 6.54. The first-order valence-corrected chi connectivity index (χ1v) is 10.4. The molecule has 0 radical (unpaired) electrons. The predicted octanol–water partition coefficient (Wildman–Crippen LogP) is 5.60. The van der Waals surface area contributed by atoms with E-state index >= 15 is 0 Å². The normalized spacial score (nSPS) is 11.2. The molecule has 26 heavy (non-hydrogen) atoms. The molecule has 3 aromatic rings. The zero-order chi connectivity index (χ0) is 18.7. The van der Waals surface area contributed by atoms with Crippen LogP contribution in [-0.4, -0.2) is 9.13 Å². The molecule has 1 heterocycles. The molecule has 0 atom stereocenters. The van der Waals surface area contributed by atoms with Crippen molar-refractivity contribution in [3.63, 3.8) is 0 Å². The summed E-state index contributed by atoms with van der Waals surface area (Å²) < 4.78 is 5.73. The van der Waals surface area contributed by atoms with E-state index < -0.39 is 0 Å². The van der Waals surface area contributed by atoms with E-state index in [2.05, 4.69) is 104 Å². The van der Waals surface area contributed by atoms with Gasteiger partial charge in [0.05, 0.1) is 0 Å². The average molecular weight is 439 g/mol. The SMILES string of the molecule is CCc1cccc(CC)c1-n1ccn(-c2c(CC)cccc2CC)[c]1=[Pd]. The van der Waals surface area contributed by atoms with Gasteiger partial charge in [-0.1, -0.05) is 0 Å². The molecule has 2 nitrogen and oxygen atoms in total. The third-order valence-corrected chi connectivity index (χ3v) is 5.89. The van der Waals surface area contributed by atoms with Crippen LogP contribution in [0.5, 0.6) is 0 Å². The summed E-state index contributed by atoms with van der Waals surface area (Å²) in [5.41, 5.74) is 8.20. The van der Waals surface area contributed by atoms with Crippen LogP contribution in [0.15, 0.2) is 48.8 Å². The van der Waals surface area contributed by atoms with Crippen LogP contribution in [0, 0.1) is 3.89 Å². The van der Waals surface area contributed by atoms with E-state index in [0.29, 0.717) is 0 Å². The first kappa shape index (κ1) is 19.1. The Kier molecular flexibility index (Phi) is 6.12. The predicted molar refractivity (Wildman–Crippen MR) is 106 cm³/mol. The van der Waals surface area contributed by atoms with Crippen molar-refractivity contribution in [2.75, 3.05) is 0 Å². The van der Waals surface area contributed by atoms with Gasteiger partial charge in [-0.25, -0.2) is 0 Å². The van der Waals surface area contributed by atoms with E-state index in [1.165, 1.54) is 33.6 Å². The Morgan fingerprint density at radius 2 is 0.923 bits per heavy atom. The quantitative estimate of drug-likeness (QED) is 0.443. The van der Waals surface area contributed by atoms with E-state index in [1.54, 1.807) is 0 Å². The van der Waals surface area contributed by atoms with Crippen LogP contribution in [0.2, 0.25) is 0 Å². The van der Waals surface area contributed by atoms with Gasteiger partial charge in [0.1, 0.15) is 0 Å². The fraction of sp³-hybridized carbons (Fsp3) is 0.348. The molecule has 0 aliphatic heterocycles. The fourth-order valence-corrected chi connectivity index (χ4v) is 4.31. The number of hydrogen-bond donors (Lipinski definition) is 0. The van der Waals surface area contributed by atoms with Crippen molar-refractivity contribution in [2.45, 2.75) is 53.4 Å². The Morgan fingerprint density at radius 1 is 0.615 bits per heavy atom. The van der Waals surface area contributed by atoms with Gasteiger partial charge in [0.2, 0.25) is 0 Å². The third-order valence-electron chi connectivity index (χ3n) is 5.14. The van der Waals surface area contributed by atoms with Crippen LogP contribution in [0.1, 0.15) is 49.9 Å². The molecule has 0 fully saturated rings. The summed E-state index contributed by atoms with van der Waals surface area (Å²) >= 11 is 3.57. The van der Waals surface area contributed by atoms with E-state index in [-0.39, 0.29) is 0 Å². The number of benzene rings is 2. The Balaban J connectivity index is 2.26. The van der Waals surface area contributed by atoms with Gasteiger partial charge >= 0.3 is 168 Å². The van der Waals surface area contributed by atoms with Crippen molar-refractivity contribution >= 4 is 0 Å². The molecule has 1 aromatic heterocycles. The van der Waals surface area contributed by atoms with Crippen molar-refractivity contribution in [3.05, 3.63) is 74.9 Å². The van der Waals surface area contributed by atoms with Crippen molar-refractivity contribution in [3.8, 4) is 11.4 Å². The monoisotopic (exact) mass is 438 g/mol. The average Bonchev–Trinajstić information content (AvgIpc) is 3.06. The molecule has 0 bridgehead atoms. The van der Waals surface area contributed by atoms with Gasteiger partial charge in [0.15, 0.2) is 0 Å². The molecular formula is C23H28N2Pd. The molecule has 0 aliphatic rings.